The third kappa shape index (κ3) is 3.85. The average molecular weight is 469 g/mol. The Morgan fingerprint density at radius 3 is 1.33 bits per heavy atom. The van der Waals surface area contributed by atoms with Gasteiger partial charge in [0.1, 0.15) is 11.5 Å². The molecule has 0 unspecified atom stereocenters. The van der Waals surface area contributed by atoms with Gasteiger partial charge >= 0.3 is 11.9 Å². The minimum atomic E-state index is -0.458. The number of hydrogen-bond donors (Lipinski definition) is 0. The molecule has 4 nitrogen and oxygen atoms in total. The maximum absolute atomic E-state index is 13.0. The normalized spacial score (nSPS) is 13.3. The van der Waals surface area contributed by atoms with Gasteiger partial charge in [0, 0.05) is 10.4 Å². The van der Waals surface area contributed by atoms with E-state index < -0.39 is 11.9 Å². The van der Waals surface area contributed by atoms with E-state index in [4.69, 9.17) is 9.47 Å². The smallest absolute Gasteiger partial charge is 0.343 e. The number of rotatable bonds is 4. The molecule has 2 aliphatic rings. The molecule has 0 amide bonds. The Morgan fingerprint density at radius 2 is 0.917 bits per heavy atom. The van der Waals surface area contributed by atoms with E-state index in [1.54, 1.807) is 60.7 Å². The van der Waals surface area contributed by atoms with Gasteiger partial charge in [0.15, 0.2) is 0 Å². The molecule has 0 atom stereocenters. The molecule has 4 aromatic rings. The van der Waals surface area contributed by atoms with E-state index >= 15 is 0 Å². The van der Waals surface area contributed by atoms with Crippen LogP contribution in [0.25, 0.3) is 24.3 Å². The molecule has 0 fully saturated rings. The highest BCUT2D eigenvalue weighted by Crippen LogP contribution is 2.23. The molecule has 0 bridgehead atoms. The quantitative estimate of drug-likeness (QED) is 0.312. The highest BCUT2D eigenvalue weighted by molar-refractivity contribution is 5.92. The van der Waals surface area contributed by atoms with Crippen LogP contribution in [0.15, 0.2) is 97.1 Å². The SMILES string of the molecule is O=C(Oc1ccc2c(c1=c1c(OC(=O)c3ccccc3)ccc3c1=CC=C3)=CC=C2)c1ccccc1. The van der Waals surface area contributed by atoms with Crippen molar-refractivity contribution in [2.75, 3.05) is 0 Å². The predicted octanol–water partition coefficient (Wildman–Crippen LogP) is 5.03. The fourth-order valence-corrected chi connectivity index (χ4v) is 4.53. The highest BCUT2D eigenvalue weighted by atomic mass is 16.5. The summed E-state index contributed by atoms with van der Waals surface area (Å²) < 4.78 is 11.9. The first-order chi connectivity index (χ1) is 17.7. The van der Waals surface area contributed by atoms with E-state index in [2.05, 4.69) is 0 Å². The molecule has 0 aromatic heterocycles. The van der Waals surface area contributed by atoms with E-state index in [9.17, 15) is 9.59 Å². The van der Waals surface area contributed by atoms with Gasteiger partial charge < -0.3 is 9.47 Å². The Morgan fingerprint density at radius 1 is 0.500 bits per heavy atom. The lowest BCUT2D eigenvalue weighted by molar-refractivity contribution is 0.0720. The van der Waals surface area contributed by atoms with Crippen LogP contribution in [0.5, 0.6) is 11.5 Å². The Bertz CT molecular complexity index is 1660. The van der Waals surface area contributed by atoms with Crippen molar-refractivity contribution < 1.29 is 19.1 Å². The van der Waals surface area contributed by atoms with Crippen molar-refractivity contribution >= 4 is 36.2 Å². The zero-order valence-corrected chi connectivity index (χ0v) is 19.2. The maximum atomic E-state index is 13.0. The van der Waals surface area contributed by atoms with Gasteiger partial charge in [0.05, 0.1) is 11.1 Å². The van der Waals surface area contributed by atoms with Crippen molar-refractivity contribution in [1.29, 1.82) is 0 Å². The van der Waals surface area contributed by atoms with E-state index in [-0.39, 0.29) is 0 Å². The molecule has 2 aliphatic carbocycles. The van der Waals surface area contributed by atoms with E-state index in [1.165, 1.54) is 0 Å². The van der Waals surface area contributed by atoms with Crippen molar-refractivity contribution in [3.63, 3.8) is 0 Å². The summed E-state index contributed by atoms with van der Waals surface area (Å²) in [6.45, 7) is 0. The van der Waals surface area contributed by atoms with Crippen molar-refractivity contribution in [2.45, 2.75) is 0 Å². The number of carbonyl (C=O) groups is 2. The Labute approximate surface area is 207 Å². The second kappa shape index (κ2) is 9.01. The van der Waals surface area contributed by atoms with Crippen molar-refractivity contribution in [1.82, 2.24) is 0 Å². The predicted molar refractivity (Wildman–Crippen MR) is 140 cm³/mol. The molecule has 0 N–H and O–H groups in total. The molecule has 0 spiro atoms. The third-order valence-corrected chi connectivity index (χ3v) is 6.23. The molecule has 4 heteroatoms. The van der Waals surface area contributed by atoms with Crippen LogP contribution >= 0.6 is 0 Å². The second-order valence-electron chi connectivity index (χ2n) is 8.45. The van der Waals surface area contributed by atoms with Crippen LogP contribution in [0.2, 0.25) is 0 Å². The Balaban J connectivity index is 1.62. The van der Waals surface area contributed by atoms with Gasteiger partial charge in [0.25, 0.3) is 0 Å². The van der Waals surface area contributed by atoms with Crippen LogP contribution < -0.4 is 19.9 Å². The molecular weight excluding hydrogens is 448 g/mol. The first-order valence-electron chi connectivity index (χ1n) is 11.6. The minimum Gasteiger partial charge on any atom is -0.422 e. The number of benzene rings is 4. The summed E-state index contributed by atoms with van der Waals surface area (Å²) in [7, 11) is 0. The summed E-state index contributed by atoms with van der Waals surface area (Å²) in [5.74, 6) is -0.123. The average Bonchev–Trinajstić information content (AvgIpc) is 3.60. The highest BCUT2D eigenvalue weighted by Gasteiger charge is 2.17. The molecule has 0 radical (unpaired) electrons. The zero-order chi connectivity index (χ0) is 24.5. The minimum absolute atomic E-state index is 0.397. The molecule has 0 saturated carbocycles. The first kappa shape index (κ1) is 21.6. The molecule has 0 saturated heterocycles. The van der Waals surface area contributed by atoms with Crippen LogP contribution in [-0.4, -0.2) is 11.9 Å². The summed E-state index contributed by atoms with van der Waals surface area (Å²) in [6, 6.07) is 25.2. The molecule has 0 heterocycles. The van der Waals surface area contributed by atoms with Crippen molar-refractivity contribution in [2.24, 2.45) is 0 Å². The summed E-state index contributed by atoms with van der Waals surface area (Å²) >= 11 is 0. The van der Waals surface area contributed by atoms with Gasteiger partial charge in [-0.2, -0.15) is 0 Å². The van der Waals surface area contributed by atoms with Gasteiger partial charge in [-0.05, 0) is 58.0 Å². The summed E-state index contributed by atoms with van der Waals surface area (Å²) in [5, 5.41) is 3.21. The Kier molecular flexibility index (Phi) is 5.39. The van der Waals surface area contributed by atoms with Gasteiger partial charge in [0.2, 0.25) is 0 Å². The molecule has 36 heavy (non-hydrogen) atoms. The number of hydrogen-bond acceptors (Lipinski definition) is 4. The number of ether oxygens (including phenoxy) is 2. The second-order valence-corrected chi connectivity index (χ2v) is 8.45. The van der Waals surface area contributed by atoms with E-state index in [0.717, 1.165) is 21.6 Å². The molecule has 172 valence electrons. The number of fused-ring (bicyclic) bond motifs is 2. The lowest BCUT2D eigenvalue weighted by Gasteiger charge is -2.11. The van der Waals surface area contributed by atoms with E-state index in [1.807, 2.05) is 60.7 Å². The summed E-state index contributed by atoms with van der Waals surface area (Å²) in [4.78, 5) is 26.1. The van der Waals surface area contributed by atoms with Crippen LogP contribution in [0.1, 0.15) is 31.8 Å². The third-order valence-electron chi connectivity index (χ3n) is 6.23. The van der Waals surface area contributed by atoms with E-state index in [0.29, 0.717) is 33.1 Å². The van der Waals surface area contributed by atoms with Crippen LogP contribution in [0.4, 0.5) is 0 Å². The lowest BCUT2D eigenvalue weighted by atomic mass is 10.0. The molecule has 4 aromatic carbocycles. The summed E-state index contributed by atoms with van der Waals surface area (Å²) in [6.07, 6.45) is 11.9. The molecule has 6 rings (SSSR count). The zero-order valence-electron chi connectivity index (χ0n) is 19.2. The number of carbonyl (C=O) groups excluding carboxylic acids is 2. The van der Waals surface area contributed by atoms with Gasteiger partial charge in [-0.1, -0.05) is 85.0 Å². The van der Waals surface area contributed by atoms with Gasteiger partial charge in [-0.15, -0.1) is 0 Å². The largest absolute Gasteiger partial charge is 0.422 e. The molecule has 0 aliphatic heterocycles. The van der Waals surface area contributed by atoms with Gasteiger partial charge in [-0.3, -0.25) is 0 Å². The molecular formula is C32H20O4. The standard InChI is InChI=1S/C32H20O4/c33-31(23-9-3-1-4-10-23)35-27-19-17-21-13-7-15-25(21)29(27)30-26-16-8-14-22(26)18-20-28(30)36-32(34)24-11-5-2-6-12-24/h1-20H. The first-order valence-corrected chi connectivity index (χ1v) is 11.6. The number of allylic oxidation sites excluding steroid dienone is 2. The monoisotopic (exact) mass is 468 g/mol. The summed E-state index contributed by atoms with van der Waals surface area (Å²) in [5.41, 5.74) is 2.89. The van der Waals surface area contributed by atoms with Crippen LogP contribution in [0, 0.1) is 10.4 Å². The topological polar surface area (TPSA) is 52.6 Å². The fourth-order valence-electron chi connectivity index (χ4n) is 4.53. The van der Waals surface area contributed by atoms with Crippen molar-refractivity contribution in [3.05, 3.63) is 140 Å². The lowest BCUT2D eigenvalue weighted by Crippen LogP contribution is -2.18. The van der Waals surface area contributed by atoms with Crippen LogP contribution in [0.3, 0.4) is 0 Å². The Hall–Kier alpha value is -4.96. The maximum Gasteiger partial charge on any atom is 0.343 e. The van der Waals surface area contributed by atoms with Crippen LogP contribution in [-0.2, 0) is 0 Å². The fraction of sp³-hybridized carbons (Fsp3) is 0. The van der Waals surface area contributed by atoms with Crippen molar-refractivity contribution in [3.8, 4) is 11.5 Å². The number of esters is 2. The van der Waals surface area contributed by atoms with Gasteiger partial charge in [-0.25, -0.2) is 9.59 Å².